The summed E-state index contributed by atoms with van der Waals surface area (Å²) in [5.41, 5.74) is 0.336. The second kappa shape index (κ2) is 7.84. The predicted octanol–water partition coefficient (Wildman–Crippen LogP) is 0.149. The van der Waals surface area contributed by atoms with Gasteiger partial charge in [-0.25, -0.2) is 4.98 Å². The van der Waals surface area contributed by atoms with Gasteiger partial charge in [-0.2, -0.15) is 0 Å². The van der Waals surface area contributed by atoms with E-state index in [9.17, 15) is 9.59 Å². The highest BCUT2D eigenvalue weighted by atomic mass is 16.2. The summed E-state index contributed by atoms with van der Waals surface area (Å²) in [7, 11) is 3.92. The van der Waals surface area contributed by atoms with Crippen molar-refractivity contribution in [2.45, 2.75) is 25.3 Å². The molecule has 0 aromatic carbocycles. The van der Waals surface area contributed by atoms with Crippen molar-refractivity contribution in [1.29, 1.82) is 0 Å². The minimum atomic E-state index is -0.142. The van der Waals surface area contributed by atoms with Gasteiger partial charge in [0.1, 0.15) is 5.69 Å². The summed E-state index contributed by atoms with van der Waals surface area (Å²) < 4.78 is 0. The maximum atomic E-state index is 12.4. The van der Waals surface area contributed by atoms with E-state index in [2.05, 4.69) is 15.3 Å². The molecule has 1 fully saturated rings. The van der Waals surface area contributed by atoms with E-state index in [1.54, 1.807) is 4.90 Å². The van der Waals surface area contributed by atoms with Crippen molar-refractivity contribution in [2.75, 3.05) is 33.7 Å². The van der Waals surface area contributed by atoms with Crippen LogP contribution in [0.4, 0.5) is 0 Å². The second-order valence-electron chi connectivity index (χ2n) is 5.72. The number of aromatic nitrogens is 2. The largest absolute Gasteiger partial charge is 0.355 e. The molecule has 1 heterocycles. The van der Waals surface area contributed by atoms with Crippen LogP contribution in [0.2, 0.25) is 0 Å². The molecule has 0 atom stereocenters. The van der Waals surface area contributed by atoms with Gasteiger partial charge in [-0.3, -0.25) is 14.6 Å². The number of likely N-dealkylation sites (N-methyl/N-ethyl adjacent to an activating group) is 1. The number of carbonyl (C=O) groups is 2. The normalized spacial score (nSPS) is 14.0. The average Bonchev–Trinajstić information content (AvgIpc) is 3.32. The fourth-order valence-corrected chi connectivity index (χ4v) is 2.12. The minimum Gasteiger partial charge on any atom is -0.355 e. The average molecular weight is 305 g/mol. The summed E-state index contributed by atoms with van der Waals surface area (Å²) in [6.45, 7) is 1.85. The second-order valence-corrected chi connectivity index (χ2v) is 5.72. The Balaban J connectivity index is 1.82. The van der Waals surface area contributed by atoms with Crippen molar-refractivity contribution in [2.24, 2.45) is 0 Å². The van der Waals surface area contributed by atoms with E-state index in [0.29, 0.717) is 25.2 Å². The molecule has 0 bridgehead atoms. The zero-order valence-electron chi connectivity index (χ0n) is 13.2. The predicted molar refractivity (Wildman–Crippen MR) is 82.3 cm³/mol. The van der Waals surface area contributed by atoms with Gasteiger partial charge in [0.05, 0.1) is 6.20 Å². The molecule has 120 valence electrons. The first kappa shape index (κ1) is 16.4. The fourth-order valence-electron chi connectivity index (χ4n) is 2.12. The Morgan fingerprint density at radius 1 is 1.27 bits per heavy atom. The highest BCUT2D eigenvalue weighted by Gasteiger charge is 2.33. The lowest BCUT2D eigenvalue weighted by atomic mass is 10.3. The number of amides is 2. The van der Waals surface area contributed by atoms with Crippen molar-refractivity contribution in [1.82, 2.24) is 25.1 Å². The van der Waals surface area contributed by atoms with E-state index >= 15 is 0 Å². The maximum Gasteiger partial charge on any atom is 0.274 e. The Labute approximate surface area is 130 Å². The molecule has 22 heavy (non-hydrogen) atoms. The van der Waals surface area contributed by atoms with E-state index in [-0.39, 0.29) is 17.9 Å². The monoisotopic (exact) mass is 305 g/mol. The summed E-state index contributed by atoms with van der Waals surface area (Å²) in [6, 6.07) is 0.240. The van der Waals surface area contributed by atoms with Crippen LogP contribution < -0.4 is 5.32 Å². The highest BCUT2D eigenvalue weighted by molar-refractivity contribution is 5.92. The molecule has 1 aromatic rings. The quantitative estimate of drug-likeness (QED) is 0.739. The lowest BCUT2D eigenvalue weighted by molar-refractivity contribution is -0.121. The van der Waals surface area contributed by atoms with Crippen molar-refractivity contribution >= 4 is 11.8 Å². The van der Waals surface area contributed by atoms with E-state index in [1.807, 2.05) is 19.0 Å². The van der Waals surface area contributed by atoms with E-state index in [0.717, 1.165) is 19.4 Å². The van der Waals surface area contributed by atoms with Gasteiger partial charge < -0.3 is 15.1 Å². The molecule has 0 saturated heterocycles. The van der Waals surface area contributed by atoms with Crippen molar-refractivity contribution in [3.8, 4) is 0 Å². The molecule has 0 unspecified atom stereocenters. The third-order valence-electron chi connectivity index (χ3n) is 3.49. The van der Waals surface area contributed by atoms with Crippen molar-refractivity contribution in [3.63, 3.8) is 0 Å². The van der Waals surface area contributed by atoms with E-state index in [1.165, 1.54) is 18.6 Å². The third kappa shape index (κ3) is 5.07. The van der Waals surface area contributed by atoms with Crippen LogP contribution in [0.25, 0.3) is 0 Å². The van der Waals surface area contributed by atoms with Gasteiger partial charge in [0.15, 0.2) is 0 Å². The Bertz CT molecular complexity index is 502. The molecule has 2 rings (SSSR count). The molecule has 1 N–H and O–H groups in total. The first-order chi connectivity index (χ1) is 10.6. The molecule has 7 nitrogen and oxygen atoms in total. The Hall–Kier alpha value is -2.02. The van der Waals surface area contributed by atoms with Crippen LogP contribution in [0.3, 0.4) is 0 Å². The van der Waals surface area contributed by atoms with Gasteiger partial charge in [-0.1, -0.05) is 0 Å². The molecule has 0 spiro atoms. The van der Waals surface area contributed by atoms with Crippen molar-refractivity contribution < 1.29 is 9.59 Å². The Morgan fingerprint density at radius 3 is 2.64 bits per heavy atom. The van der Waals surface area contributed by atoms with Crippen molar-refractivity contribution in [3.05, 3.63) is 24.3 Å². The molecule has 1 aliphatic carbocycles. The maximum absolute atomic E-state index is 12.4. The molecule has 2 amide bonds. The van der Waals surface area contributed by atoms with Crippen LogP contribution in [0.1, 0.15) is 29.8 Å². The minimum absolute atomic E-state index is 0.0283. The number of hydrogen-bond donors (Lipinski definition) is 1. The first-order valence-corrected chi connectivity index (χ1v) is 7.56. The van der Waals surface area contributed by atoms with Gasteiger partial charge in [0.25, 0.3) is 5.91 Å². The first-order valence-electron chi connectivity index (χ1n) is 7.56. The van der Waals surface area contributed by atoms with Gasteiger partial charge in [0, 0.05) is 44.5 Å². The lowest BCUT2D eigenvalue weighted by Crippen LogP contribution is -2.38. The molecule has 0 radical (unpaired) electrons. The molecule has 0 aliphatic heterocycles. The summed E-state index contributed by atoms with van der Waals surface area (Å²) in [5.74, 6) is -0.170. The van der Waals surface area contributed by atoms with Crippen LogP contribution in [-0.2, 0) is 4.79 Å². The topological polar surface area (TPSA) is 78.4 Å². The zero-order valence-corrected chi connectivity index (χ0v) is 13.2. The van der Waals surface area contributed by atoms with Crippen LogP contribution in [0.5, 0.6) is 0 Å². The molecule has 7 heteroatoms. The van der Waals surface area contributed by atoms with Crippen LogP contribution in [0.15, 0.2) is 18.6 Å². The van der Waals surface area contributed by atoms with E-state index in [4.69, 9.17) is 0 Å². The standard InChI is InChI=1S/C15H23N5O2/c1-19(2)10-8-18-14(21)5-9-20(12-3-4-12)15(22)13-11-16-6-7-17-13/h6-7,11-12H,3-5,8-10H2,1-2H3,(H,18,21). The van der Waals surface area contributed by atoms with E-state index < -0.39 is 0 Å². The zero-order chi connectivity index (χ0) is 15.9. The number of rotatable bonds is 8. The molecular weight excluding hydrogens is 282 g/mol. The highest BCUT2D eigenvalue weighted by Crippen LogP contribution is 2.28. The Kier molecular flexibility index (Phi) is 5.83. The molecular formula is C15H23N5O2. The number of nitrogens with zero attached hydrogens (tertiary/aromatic N) is 4. The summed E-state index contributed by atoms with van der Waals surface area (Å²) >= 11 is 0. The summed E-state index contributed by atoms with van der Waals surface area (Å²) in [4.78, 5) is 36.0. The SMILES string of the molecule is CN(C)CCNC(=O)CCN(C(=O)c1cnccn1)C1CC1. The smallest absolute Gasteiger partial charge is 0.274 e. The summed E-state index contributed by atoms with van der Waals surface area (Å²) in [5, 5.41) is 2.86. The van der Waals surface area contributed by atoms with Crippen LogP contribution in [-0.4, -0.2) is 71.4 Å². The fraction of sp³-hybridized carbons (Fsp3) is 0.600. The van der Waals surface area contributed by atoms with Gasteiger partial charge >= 0.3 is 0 Å². The number of hydrogen-bond acceptors (Lipinski definition) is 5. The molecule has 1 saturated carbocycles. The van der Waals surface area contributed by atoms with Crippen LogP contribution >= 0.6 is 0 Å². The molecule has 1 aromatic heterocycles. The number of nitrogens with one attached hydrogen (secondary N) is 1. The van der Waals surface area contributed by atoms with Gasteiger partial charge in [-0.15, -0.1) is 0 Å². The number of carbonyl (C=O) groups excluding carboxylic acids is 2. The summed E-state index contributed by atoms with van der Waals surface area (Å²) in [6.07, 6.45) is 6.82. The lowest BCUT2D eigenvalue weighted by Gasteiger charge is -2.21. The van der Waals surface area contributed by atoms with Crippen LogP contribution in [0, 0.1) is 0 Å². The van der Waals surface area contributed by atoms with Gasteiger partial charge in [-0.05, 0) is 26.9 Å². The van der Waals surface area contributed by atoms with Gasteiger partial charge in [0.2, 0.25) is 5.91 Å². The molecule has 1 aliphatic rings. The third-order valence-corrected chi connectivity index (χ3v) is 3.49. The Morgan fingerprint density at radius 2 is 2.05 bits per heavy atom.